The van der Waals surface area contributed by atoms with E-state index in [9.17, 15) is 28.3 Å². The molecule has 1 saturated carbocycles. The molecule has 2 aromatic carbocycles. The lowest BCUT2D eigenvalue weighted by Gasteiger charge is -2.30. The van der Waals surface area contributed by atoms with Gasteiger partial charge in [0, 0.05) is 12.3 Å². The van der Waals surface area contributed by atoms with Gasteiger partial charge in [-0.1, -0.05) is 61.4 Å². The first-order valence-electron chi connectivity index (χ1n) is 11.3. The van der Waals surface area contributed by atoms with Crippen molar-refractivity contribution in [2.45, 2.75) is 56.0 Å². The van der Waals surface area contributed by atoms with Gasteiger partial charge in [-0.15, -0.1) is 0 Å². The molecule has 2 amide bonds. The second kappa shape index (κ2) is 9.79. The van der Waals surface area contributed by atoms with Gasteiger partial charge in [-0.05, 0) is 35.1 Å². The van der Waals surface area contributed by atoms with Crippen LogP contribution in [0.2, 0.25) is 0 Å². The van der Waals surface area contributed by atoms with Crippen molar-refractivity contribution in [2.24, 2.45) is 0 Å². The summed E-state index contributed by atoms with van der Waals surface area (Å²) in [6.45, 7) is 0.0562. The van der Waals surface area contributed by atoms with Crippen LogP contribution in [0.15, 0.2) is 48.5 Å². The van der Waals surface area contributed by atoms with E-state index in [0.29, 0.717) is 12.8 Å². The van der Waals surface area contributed by atoms with Crippen LogP contribution in [0.5, 0.6) is 0 Å². The van der Waals surface area contributed by atoms with Crippen molar-refractivity contribution in [3.63, 3.8) is 0 Å². The van der Waals surface area contributed by atoms with Crippen molar-refractivity contribution in [3.05, 3.63) is 59.7 Å². The summed E-state index contributed by atoms with van der Waals surface area (Å²) in [7, 11) is 0. The Balaban J connectivity index is 1.44. The number of alkyl carbamates (subject to hydrolysis) is 1. The van der Waals surface area contributed by atoms with Gasteiger partial charge in [-0.3, -0.25) is 4.79 Å². The predicted octanol–water partition coefficient (Wildman–Crippen LogP) is 4.06. The molecule has 2 aromatic rings. The van der Waals surface area contributed by atoms with E-state index < -0.39 is 42.4 Å². The number of alkyl halides is 2. The first-order valence-corrected chi connectivity index (χ1v) is 11.3. The molecule has 7 nitrogen and oxygen atoms in total. The molecule has 0 bridgehead atoms. The lowest BCUT2D eigenvalue weighted by molar-refractivity contribution is -0.144. The SMILES string of the molecule is O=C(NC1(C(=O)NC(CC(F)F)C(=O)O)CCCC1)OCC1c2ccccc2-c2ccccc21. The third-order valence-corrected chi connectivity index (χ3v) is 6.59. The second-order valence-corrected chi connectivity index (χ2v) is 8.73. The highest BCUT2D eigenvalue weighted by molar-refractivity contribution is 5.93. The molecule has 1 unspecified atom stereocenters. The van der Waals surface area contributed by atoms with E-state index in [1.165, 1.54) is 0 Å². The molecule has 0 radical (unpaired) electrons. The summed E-state index contributed by atoms with van der Waals surface area (Å²) in [5.41, 5.74) is 2.86. The number of ether oxygens (including phenoxy) is 1. The Bertz CT molecular complexity index is 1040. The van der Waals surface area contributed by atoms with Crippen molar-refractivity contribution < 1.29 is 33.0 Å². The van der Waals surface area contributed by atoms with Crippen molar-refractivity contribution in [3.8, 4) is 11.1 Å². The molecular weight excluding hydrogens is 446 g/mol. The fourth-order valence-corrected chi connectivity index (χ4v) is 4.91. The van der Waals surface area contributed by atoms with E-state index in [4.69, 9.17) is 4.74 Å². The number of hydrogen-bond donors (Lipinski definition) is 3. The van der Waals surface area contributed by atoms with Crippen molar-refractivity contribution >= 4 is 18.0 Å². The Morgan fingerprint density at radius 3 is 2.09 bits per heavy atom. The molecule has 4 rings (SSSR count). The maximum Gasteiger partial charge on any atom is 0.408 e. The summed E-state index contributed by atoms with van der Waals surface area (Å²) in [6, 6.07) is 14.0. The number of carboxylic acid groups (broad SMARTS) is 1. The zero-order chi connectivity index (χ0) is 24.3. The number of nitrogens with one attached hydrogen (secondary N) is 2. The Labute approximate surface area is 195 Å². The molecule has 0 aromatic heterocycles. The van der Waals surface area contributed by atoms with Gasteiger partial charge in [0.15, 0.2) is 0 Å². The highest BCUT2D eigenvalue weighted by Crippen LogP contribution is 2.44. The van der Waals surface area contributed by atoms with E-state index >= 15 is 0 Å². The average molecular weight is 472 g/mol. The van der Waals surface area contributed by atoms with Crippen LogP contribution in [0.25, 0.3) is 11.1 Å². The Morgan fingerprint density at radius 1 is 1.00 bits per heavy atom. The number of amides is 2. The average Bonchev–Trinajstić information content (AvgIpc) is 3.40. The molecule has 0 heterocycles. The summed E-state index contributed by atoms with van der Waals surface area (Å²) in [5, 5.41) is 14.0. The molecule has 2 aliphatic rings. The summed E-state index contributed by atoms with van der Waals surface area (Å²) < 4.78 is 31.0. The van der Waals surface area contributed by atoms with Gasteiger partial charge in [0.25, 0.3) is 0 Å². The number of hydrogen-bond acceptors (Lipinski definition) is 4. The number of rotatable bonds is 8. The molecule has 0 spiro atoms. The summed E-state index contributed by atoms with van der Waals surface area (Å²) >= 11 is 0. The maximum atomic E-state index is 12.9. The van der Waals surface area contributed by atoms with Crippen LogP contribution in [0.4, 0.5) is 13.6 Å². The summed E-state index contributed by atoms with van der Waals surface area (Å²) in [5.74, 6) is -2.50. The molecule has 180 valence electrons. The molecule has 3 N–H and O–H groups in total. The van der Waals surface area contributed by atoms with Gasteiger partial charge < -0.3 is 20.5 Å². The second-order valence-electron chi connectivity index (χ2n) is 8.73. The number of benzene rings is 2. The first-order chi connectivity index (χ1) is 16.3. The monoisotopic (exact) mass is 472 g/mol. The van der Waals surface area contributed by atoms with Crippen molar-refractivity contribution in [2.75, 3.05) is 6.61 Å². The van der Waals surface area contributed by atoms with E-state index in [-0.39, 0.29) is 25.4 Å². The van der Waals surface area contributed by atoms with Crippen LogP contribution in [0, 0.1) is 0 Å². The van der Waals surface area contributed by atoms with Gasteiger partial charge in [-0.2, -0.15) is 0 Å². The van der Waals surface area contributed by atoms with Gasteiger partial charge in [0.2, 0.25) is 12.3 Å². The third kappa shape index (κ3) is 4.73. The standard InChI is InChI=1S/C25H26F2N2O5/c26-21(27)13-20(22(30)31)28-23(32)25(11-5-6-12-25)29-24(33)34-14-19-17-9-3-1-7-15(17)16-8-2-4-10-18(16)19/h1-4,7-10,19-21H,5-6,11-14H2,(H,28,32)(H,29,33)(H,30,31). The lowest BCUT2D eigenvalue weighted by atomic mass is 9.95. The van der Waals surface area contributed by atoms with Crippen LogP contribution < -0.4 is 10.6 Å². The van der Waals surface area contributed by atoms with Crippen LogP contribution >= 0.6 is 0 Å². The normalized spacial score (nSPS) is 17.0. The maximum absolute atomic E-state index is 12.9. The lowest BCUT2D eigenvalue weighted by Crippen LogP contribution is -2.60. The number of carboxylic acids is 1. The summed E-state index contributed by atoms with van der Waals surface area (Å²) in [6.07, 6.45) is -2.92. The quantitative estimate of drug-likeness (QED) is 0.538. The van der Waals surface area contributed by atoms with Crippen molar-refractivity contribution in [1.82, 2.24) is 10.6 Å². The highest BCUT2D eigenvalue weighted by atomic mass is 19.3. The van der Waals surface area contributed by atoms with E-state index in [0.717, 1.165) is 22.3 Å². The minimum Gasteiger partial charge on any atom is -0.480 e. The van der Waals surface area contributed by atoms with Crippen LogP contribution in [-0.2, 0) is 14.3 Å². The van der Waals surface area contributed by atoms with E-state index in [1.54, 1.807) is 0 Å². The fraction of sp³-hybridized carbons (Fsp3) is 0.400. The number of halogens is 2. The molecule has 34 heavy (non-hydrogen) atoms. The minimum atomic E-state index is -2.89. The smallest absolute Gasteiger partial charge is 0.408 e. The van der Waals surface area contributed by atoms with Crippen LogP contribution in [0.3, 0.4) is 0 Å². The highest BCUT2D eigenvalue weighted by Gasteiger charge is 2.44. The molecule has 1 atom stereocenters. The Hall–Kier alpha value is -3.49. The zero-order valence-electron chi connectivity index (χ0n) is 18.4. The largest absolute Gasteiger partial charge is 0.480 e. The molecule has 2 aliphatic carbocycles. The molecular formula is C25H26F2N2O5. The van der Waals surface area contributed by atoms with Crippen LogP contribution in [0.1, 0.15) is 49.1 Å². The first kappa shape index (κ1) is 23.7. The Morgan fingerprint density at radius 2 is 1.56 bits per heavy atom. The molecule has 9 heteroatoms. The molecule has 0 aliphatic heterocycles. The predicted molar refractivity (Wildman–Crippen MR) is 120 cm³/mol. The van der Waals surface area contributed by atoms with E-state index in [2.05, 4.69) is 10.6 Å². The Kier molecular flexibility index (Phi) is 6.81. The zero-order valence-corrected chi connectivity index (χ0v) is 18.4. The third-order valence-electron chi connectivity index (χ3n) is 6.59. The van der Waals surface area contributed by atoms with Crippen LogP contribution in [-0.4, -0.2) is 47.7 Å². The number of fused-ring (bicyclic) bond motifs is 3. The fourth-order valence-electron chi connectivity index (χ4n) is 4.91. The number of carbonyl (C=O) groups is 3. The topological polar surface area (TPSA) is 105 Å². The van der Waals surface area contributed by atoms with Gasteiger partial charge >= 0.3 is 12.1 Å². The number of aliphatic carboxylic acids is 1. The number of carbonyl (C=O) groups excluding carboxylic acids is 2. The minimum absolute atomic E-state index is 0.0562. The van der Waals surface area contributed by atoms with E-state index in [1.807, 2.05) is 48.5 Å². The molecule has 1 fully saturated rings. The van der Waals surface area contributed by atoms with Gasteiger partial charge in [0.05, 0.1) is 0 Å². The van der Waals surface area contributed by atoms with Gasteiger partial charge in [0.1, 0.15) is 18.2 Å². The van der Waals surface area contributed by atoms with Crippen molar-refractivity contribution in [1.29, 1.82) is 0 Å². The molecule has 0 saturated heterocycles. The summed E-state index contributed by atoms with van der Waals surface area (Å²) in [4.78, 5) is 36.9. The van der Waals surface area contributed by atoms with Gasteiger partial charge in [-0.25, -0.2) is 18.4 Å².